The highest BCUT2D eigenvalue weighted by Gasteiger charge is 2.24. The lowest BCUT2D eigenvalue weighted by molar-refractivity contribution is 0.0899. The van der Waals surface area contributed by atoms with E-state index in [9.17, 15) is 4.79 Å². The van der Waals surface area contributed by atoms with Gasteiger partial charge in [-0.15, -0.1) is 0 Å². The van der Waals surface area contributed by atoms with Gasteiger partial charge in [0.1, 0.15) is 11.9 Å². The fraction of sp³-hybridized carbons (Fsp3) is 0.562. The Morgan fingerprint density at radius 1 is 1.40 bits per heavy atom. The second kappa shape index (κ2) is 5.83. The third-order valence-corrected chi connectivity index (χ3v) is 4.20. The number of ether oxygens (including phenoxy) is 1. The number of hydrogen-bond acceptors (Lipinski definition) is 4. The Kier molecular flexibility index (Phi) is 3.92. The zero-order valence-electron chi connectivity index (χ0n) is 11.9. The summed E-state index contributed by atoms with van der Waals surface area (Å²) in [5.74, 6) is 1.23. The molecule has 2 aliphatic rings. The molecule has 20 heavy (non-hydrogen) atoms. The Morgan fingerprint density at radius 3 is 3.05 bits per heavy atom. The number of carbonyl (C=O) groups is 1. The van der Waals surface area contributed by atoms with E-state index in [2.05, 4.69) is 17.6 Å². The molecule has 0 aromatic heterocycles. The number of ketones is 1. The van der Waals surface area contributed by atoms with Gasteiger partial charge in [0.05, 0.1) is 12.2 Å². The summed E-state index contributed by atoms with van der Waals surface area (Å²) < 4.78 is 5.88. The molecule has 2 atom stereocenters. The molecule has 0 radical (unpaired) electrons. The fourth-order valence-corrected chi connectivity index (χ4v) is 2.91. The van der Waals surface area contributed by atoms with Gasteiger partial charge in [0.15, 0.2) is 5.78 Å². The van der Waals surface area contributed by atoms with Crippen LogP contribution in [-0.2, 0) is 0 Å². The summed E-state index contributed by atoms with van der Waals surface area (Å²) in [5, 5.41) is 6.67. The SMILES string of the molecule is CCC1CNc2cc(C(=O)C3CCCNC3)ccc2O1. The van der Waals surface area contributed by atoms with Gasteiger partial charge in [-0.3, -0.25) is 4.79 Å². The van der Waals surface area contributed by atoms with Crippen LogP contribution in [0.25, 0.3) is 0 Å². The first-order chi connectivity index (χ1) is 9.78. The van der Waals surface area contributed by atoms with Crippen molar-refractivity contribution in [3.8, 4) is 5.75 Å². The summed E-state index contributed by atoms with van der Waals surface area (Å²) >= 11 is 0. The van der Waals surface area contributed by atoms with Gasteiger partial charge < -0.3 is 15.4 Å². The van der Waals surface area contributed by atoms with E-state index in [4.69, 9.17) is 4.74 Å². The van der Waals surface area contributed by atoms with Crippen LogP contribution >= 0.6 is 0 Å². The number of hydrogen-bond donors (Lipinski definition) is 2. The number of carbonyl (C=O) groups excluding carboxylic acids is 1. The molecule has 108 valence electrons. The van der Waals surface area contributed by atoms with E-state index in [1.807, 2.05) is 18.2 Å². The molecule has 0 bridgehead atoms. The molecule has 2 N–H and O–H groups in total. The molecule has 2 heterocycles. The first-order valence-corrected chi connectivity index (χ1v) is 7.57. The minimum absolute atomic E-state index is 0.120. The Balaban J connectivity index is 1.76. The molecule has 1 fully saturated rings. The van der Waals surface area contributed by atoms with Crippen molar-refractivity contribution in [2.45, 2.75) is 32.3 Å². The van der Waals surface area contributed by atoms with Crippen molar-refractivity contribution in [1.29, 1.82) is 0 Å². The minimum Gasteiger partial charge on any atom is -0.486 e. The lowest BCUT2D eigenvalue weighted by atomic mass is 9.90. The van der Waals surface area contributed by atoms with Gasteiger partial charge >= 0.3 is 0 Å². The van der Waals surface area contributed by atoms with Crippen molar-refractivity contribution in [3.05, 3.63) is 23.8 Å². The molecule has 2 aliphatic heterocycles. The molecule has 4 heteroatoms. The lowest BCUT2D eigenvalue weighted by Gasteiger charge is -2.27. The Labute approximate surface area is 119 Å². The molecule has 4 nitrogen and oxygen atoms in total. The van der Waals surface area contributed by atoms with Gasteiger partial charge in [-0.25, -0.2) is 0 Å². The highest BCUT2D eigenvalue weighted by molar-refractivity contribution is 5.99. The smallest absolute Gasteiger partial charge is 0.167 e. The quantitative estimate of drug-likeness (QED) is 0.831. The van der Waals surface area contributed by atoms with Gasteiger partial charge in [-0.2, -0.15) is 0 Å². The second-order valence-corrected chi connectivity index (χ2v) is 5.65. The predicted octanol–water partition coefficient (Wildman–Crippen LogP) is 2.45. The van der Waals surface area contributed by atoms with E-state index in [0.717, 1.165) is 55.9 Å². The summed E-state index contributed by atoms with van der Waals surface area (Å²) in [4.78, 5) is 12.5. The third-order valence-electron chi connectivity index (χ3n) is 4.20. The Morgan fingerprint density at radius 2 is 2.30 bits per heavy atom. The molecular weight excluding hydrogens is 252 g/mol. The molecular formula is C16H22N2O2. The van der Waals surface area contributed by atoms with E-state index in [1.54, 1.807) is 0 Å². The van der Waals surface area contributed by atoms with E-state index in [-0.39, 0.29) is 17.8 Å². The van der Waals surface area contributed by atoms with Crippen molar-refractivity contribution >= 4 is 11.5 Å². The van der Waals surface area contributed by atoms with Crippen LogP contribution in [0.15, 0.2) is 18.2 Å². The maximum Gasteiger partial charge on any atom is 0.167 e. The van der Waals surface area contributed by atoms with Crippen molar-refractivity contribution in [3.63, 3.8) is 0 Å². The summed E-state index contributed by atoms with van der Waals surface area (Å²) in [6.45, 7) is 4.76. The van der Waals surface area contributed by atoms with Gasteiger partial charge in [0.25, 0.3) is 0 Å². The first kappa shape index (κ1) is 13.4. The molecule has 1 aromatic carbocycles. The zero-order chi connectivity index (χ0) is 13.9. The predicted molar refractivity (Wildman–Crippen MR) is 79.6 cm³/mol. The van der Waals surface area contributed by atoms with Crippen LogP contribution in [0.1, 0.15) is 36.5 Å². The van der Waals surface area contributed by atoms with Crippen molar-refractivity contribution in [2.24, 2.45) is 5.92 Å². The van der Waals surface area contributed by atoms with Crippen LogP contribution in [0.2, 0.25) is 0 Å². The number of fused-ring (bicyclic) bond motifs is 1. The van der Waals surface area contributed by atoms with Gasteiger partial charge in [0, 0.05) is 18.0 Å². The topological polar surface area (TPSA) is 50.4 Å². The molecule has 0 saturated carbocycles. The van der Waals surface area contributed by atoms with Gasteiger partial charge in [-0.1, -0.05) is 6.92 Å². The van der Waals surface area contributed by atoms with Crippen molar-refractivity contribution in [2.75, 3.05) is 25.0 Å². The van der Waals surface area contributed by atoms with Crippen LogP contribution in [0.3, 0.4) is 0 Å². The number of piperidine rings is 1. The summed E-state index contributed by atoms with van der Waals surface area (Å²) in [7, 11) is 0. The summed E-state index contributed by atoms with van der Waals surface area (Å²) in [5.41, 5.74) is 1.74. The molecule has 0 aliphatic carbocycles. The zero-order valence-corrected chi connectivity index (χ0v) is 11.9. The summed E-state index contributed by atoms with van der Waals surface area (Å²) in [6.07, 6.45) is 3.29. The molecule has 0 amide bonds. The van der Waals surface area contributed by atoms with Crippen molar-refractivity contribution in [1.82, 2.24) is 5.32 Å². The number of nitrogens with one attached hydrogen (secondary N) is 2. The van der Waals surface area contributed by atoms with Crippen LogP contribution < -0.4 is 15.4 Å². The number of rotatable bonds is 3. The molecule has 0 spiro atoms. The maximum atomic E-state index is 12.5. The first-order valence-electron chi connectivity index (χ1n) is 7.57. The monoisotopic (exact) mass is 274 g/mol. The standard InChI is InChI=1S/C16H22N2O2/c1-2-13-10-18-14-8-11(5-6-15(14)20-13)16(19)12-4-3-7-17-9-12/h5-6,8,12-13,17-18H,2-4,7,9-10H2,1H3. The fourth-order valence-electron chi connectivity index (χ4n) is 2.91. The molecule has 2 unspecified atom stereocenters. The van der Waals surface area contributed by atoms with E-state index < -0.39 is 0 Å². The van der Waals surface area contributed by atoms with Crippen LogP contribution in [-0.4, -0.2) is 31.5 Å². The van der Waals surface area contributed by atoms with Crippen LogP contribution in [0.5, 0.6) is 5.75 Å². The minimum atomic E-state index is 0.120. The average Bonchev–Trinajstić information content (AvgIpc) is 2.54. The number of Topliss-reactive ketones (excluding diaryl/α,β-unsaturated/α-hetero) is 1. The molecule has 1 aromatic rings. The Hall–Kier alpha value is -1.55. The highest BCUT2D eigenvalue weighted by Crippen LogP contribution is 2.31. The highest BCUT2D eigenvalue weighted by atomic mass is 16.5. The van der Waals surface area contributed by atoms with E-state index >= 15 is 0 Å². The Bertz CT molecular complexity index is 495. The molecule has 1 saturated heterocycles. The number of anilines is 1. The van der Waals surface area contributed by atoms with E-state index in [0.29, 0.717) is 0 Å². The van der Waals surface area contributed by atoms with Gasteiger partial charge in [0.2, 0.25) is 0 Å². The average molecular weight is 274 g/mol. The molecule has 3 rings (SSSR count). The largest absolute Gasteiger partial charge is 0.486 e. The van der Waals surface area contributed by atoms with E-state index in [1.165, 1.54) is 0 Å². The lowest BCUT2D eigenvalue weighted by Crippen LogP contribution is -2.34. The maximum absolute atomic E-state index is 12.5. The van der Waals surface area contributed by atoms with Gasteiger partial charge in [-0.05, 0) is 44.0 Å². The van der Waals surface area contributed by atoms with Crippen molar-refractivity contribution < 1.29 is 9.53 Å². The normalized spacial score (nSPS) is 25.2. The third kappa shape index (κ3) is 2.66. The van der Waals surface area contributed by atoms with Crippen LogP contribution in [0, 0.1) is 5.92 Å². The van der Waals surface area contributed by atoms with Crippen LogP contribution in [0.4, 0.5) is 5.69 Å². The summed E-state index contributed by atoms with van der Waals surface area (Å²) in [6, 6.07) is 5.77. The second-order valence-electron chi connectivity index (χ2n) is 5.65. The number of benzene rings is 1.